The lowest BCUT2D eigenvalue weighted by Gasteiger charge is -2.31. The molecule has 0 amide bonds. The Kier molecular flexibility index (Phi) is 7.00. The third-order valence-electron chi connectivity index (χ3n) is 3.00. The first-order valence-corrected chi connectivity index (χ1v) is 6.34. The Morgan fingerprint density at radius 3 is 3.00 bits per heavy atom. The Morgan fingerprint density at radius 2 is 2.40 bits per heavy atom. The Hall–Kier alpha value is -1.09. The molecular weight excluding hydrogens is 371 g/mol. The smallest absolute Gasteiger partial charge is 0.191 e. The quantitative estimate of drug-likeness (QED) is 0.476. The van der Waals surface area contributed by atoms with Crippen LogP contribution >= 0.6 is 24.0 Å². The molecule has 1 fully saturated rings. The lowest BCUT2D eigenvalue weighted by Crippen LogP contribution is -2.47. The van der Waals surface area contributed by atoms with Crippen LogP contribution in [0.25, 0.3) is 0 Å². The molecule has 0 bridgehead atoms. The number of nitrogens with two attached hydrogens (primary N) is 1. The maximum atomic E-state index is 5.98. The summed E-state index contributed by atoms with van der Waals surface area (Å²) in [5, 5.41) is 0. The number of nitrogens with zero attached hydrogens (tertiary/aromatic N) is 3. The monoisotopic (exact) mass is 392 g/mol. The van der Waals surface area contributed by atoms with Gasteiger partial charge in [-0.05, 0) is 19.1 Å². The molecule has 1 saturated heterocycles. The average Bonchev–Trinajstić information content (AvgIpc) is 2.45. The summed E-state index contributed by atoms with van der Waals surface area (Å²) in [5.41, 5.74) is 6.85. The van der Waals surface area contributed by atoms with Crippen LogP contribution in [0.2, 0.25) is 0 Å². The van der Waals surface area contributed by atoms with Crippen LogP contribution in [-0.2, 0) is 11.3 Å². The van der Waals surface area contributed by atoms with Gasteiger partial charge in [0.2, 0.25) is 0 Å². The first-order chi connectivity index (χ1) is 9.19. The largest absolute Gasteiger partial charge is 0.495 e. The molecule has 0 aliphatic carbocycles. The summed E-state index contributed by atoms with van der Waals surface area (Å²) in [6, 6.07) is 3.75. The number of pyridine rings is 1. The van der Waals surface area contributed by atoms with E-state index in [0.29, 0.717) is 19.1 Å². The van der Waals surface area contributed by atoms with Crippen molar-refractivity contribution in [2.75, 3.05) is 26.8 Å². The van der Waals surface area contributed by atoms with Crippen molar-refractivity contribution in [1.82, 2.24) is 9.88 Å². The fourth-order valence-electron chi connectivity index (χ4n) is 1.91. The Balaban J connectivity index is 0.00000200. The van der Waals surface area contributed by atoms with E-state index in [1.807, 2.05) is 24.0 Å². The van der Waals surface area contributed by atoms with Gasteiger partial charge < -0.3 is 20.1 Å². The zero-order chi connectivity index (χ0) is 13.7. The van der Waals surface area contributed by atoms with Crippen LogP contribution in [0.15, 0.2) is 23.3 Å². The van der Waals surface area contributed by atoms with Crippen LogP contribution in [0.4, 0.5) is 0 Å². The SMILES string of the molecule is COc1ccc(CN=C(N)N2CCOC(C)C2)nc1.I. The van der Waals surface area contributed by atoms with Gasteiger partial charge in [-0.3, -0.25) is 4.98 Å². The molecule has 20 heavy (non-hydrogen) atoms. The Morgan fingerprint density at radius 1 is 1.60 bits per heavy atom. The van der Waals surface area contributed by atoms with Gasteiger partial charge in [0.1, 0.15) is 5.75 Å². The van der Waals surface area contributed by atoms with Gasteiger partial charge in [-0.2, -0.15) is 0 Å². The van der Waals surface area contributed by atoms with E-state index < -0.39 is 0 Å². The van der Waals surface area contributed by atoms with Crippen molar-refractivity contribution in [1.29, 1.82) is 0 Å². The lowest BCUT2D eigenvalue weighted by molar-refractivity contribution is 0.00528. The van der Waals surface area contributed by atoms with Gasteiger partial charge in [-0.15, -0.1) is 24.0 Å². The molecular formula is C13H21IN4O2. The van der Waals surface area contributed by atoms with E-state index in [2.05, 4.69) is 9.98 Å². The highest BCUT2D eigenvalue weighted by molar-refractivity contribution is 14.0. The summed E-state index contributed by atoms with van der Waals surface area (Å²) in [6.07, 6.45) is 1.87. The molecule has 0 aromatic carbocycles. The molecule has 0 spiro atoms. The number of aliphatic imine (C=N–C) groups is 1. The Bertz CT molecular complexity index is 439. The molecule has 7 heteroatoms. The minimum Gasteiger partial charge on any atom is -0.495 e. The molecule has 0 radical (unpaired) electrons. The van der Waals surface area contributed by atoms with Crippen molar-refractivity contribution in [2.24, 2.45) is 10.7 Å². The van der Waals surface area contributed by atoms with E-state index >= 15 is 0 Å². The van der Waals surface area contributed by atoms with Gasteiger partial charge in [-0.1, -0.05) is 0 Å². The number of rotatable bonds is 3. The standard InChI is InChI=1S/C13H20N4O2.HI/c1-10-9-17(5-6-19-10)13(14)16-7-11-3-4-12(18-2)8-15-11;/h3-4,8,10H,5-7,9H2,1-2H3,(H2,14,16);1H. The highest BCUT2D eigenvalue weighted by atomic mass is 127. The van der Waals surface area contributed by atoms with E-state index in [4.69, 9.17) is 15.2 Å². The molecule has 1 aromatic heterocycles. The van der Waals surface area contributed by atoms with Crippen LogP contribution in [0.1, 0.15) is 12.6 Å². The molecule has 2 heterocycles. The van der Waals surface area contributed by atoms with Crippen LogP contribution in [0, 0.1) is 0 Å². The van der Waals surface area contributed by atoms with Crippen LogP contribution in [-0.4, -0.2) is 48.8 Å². The molecule has 1 aromatic rings. The summed E-state index contributed by atoms with van der Waals surface area (Å²) in [7, 11) is 1.62. The maximum Gasteiger partial charge on any atom is 0.191 e. The Labute approximate surface area is 136 Å². The highest BCUT2D eigenvalue weighted by Crippen LogP contribution is 2.09. The minimum atomic E-state index is 0. The van der Waals surface area contributed by atoms with Crippen LogP contribution in [0.3, 0.4) is 0 Å². The van der Waals surface area contributed by atoms with E-state index in [9.17, 15) is 0 Å². The van der Waals surface area contributed by atoms with Gasteiger partial charge in [0.25, 0.3) is 0 Å². The molecule has 1 aliphatic rings. The number of aromatic nitrogens is 1. The number of guanidine groups is 1. The molecule has 1 unspecified atom stereocenters. The number of ether oxygens (including phenoxy) is 2. The van der Waals surface area contributed by atoms with Crippen molar-refractivity contribution in [3.05, 3.63) is 24.0 Å². The van der Waals surface area contributed by atoms with Crippen LogP contribution in [0.5, 0.6) is 5.75 Å². The van der Waals surface area contributed by atoms with Gasteiger partial charge in [0.15, 0.2) is 5.96 Å². The number of hydrogen-bond acceptors (Lipinski definition) is 4. The third kappa shape index (κ3) is 4.78. The zero-order valence-electron chi connectivity index (χ0n) is 11.8. The van der Waals surface area contributed by atoms with Crippen molar-refractivity contribution < 1.29 is 9.47 Å². The molecule has 0 saturated carbocycles. The second kappa shape index (κ2) is 8.25. The molecule has 6 nitrogen and oxygen atoms in total. The van der Waals surface area contributed by atoms with E-state index in [-0.39, 0.29) is 30.1 Å². The van der Waals surface area contributed by atoms with Gasteiger partial charge in [0.05, 0.1) is 38.3 Å². The maximum absolute atomic E-state index is 5.98. The number of halogens is 1. The van der Waals surface area contributed by atoms with E-state index in [1.54, 1.807) is 13.3 Å². The normalized spacial score (nSPS) is 19.4. The molecule has 1 aliphatic heterocycles. The van der Waals surface area contributed by atoms with Crippen molar-refractivity contribution >= 4 is 29.9 Å². The summed E-state index contributed by atoms with van der Waals surface area (Å²) < 4.78 is 10.5. The number of morpholine rings is 1. The van der Waals surface area contributed by atoms with E-state index in [1.165, 1.54) is 0 Å². The topological polar surface area (TPSA) is 73.0 Å². The second-order valence-electron chi connectivity index (χ2n) is 4.49. The molecule has 2 rings (SSSR count). The highest BCUT2D eigenvalue weighted by Gasteiger charge is 2.17. The van der Waals surface area contributed by atoms with Gasteiger partial charge >= 0.3 is 0 Å². The third-order valence-corrected chi connectivity index (χ3v) is 3.00. The average molecular weight is 392 g/mol. The first-order valence-electron chi connectivity index (χ1n) is 6.34. The van der Waals surface area contributed by atoms with Crippen molar-refractivity contribution in [3.63, 3.8) is 0 Å². The van der Waals surface area contributed by atoms with E-state index in [0.717, 1.165) is 24.5 Å². The van der Waals surface area contributed by atoms with Crippen molar-refractivity contribution in [3.8, 4) is 5.75 Å². The molecule has 1 atom stereocenters. The zero-order valence-corrected chi connectivity index (χ0v) is 14.1. The summed E-state index contributed by atoms with van der Waals surface area (Å²) in [5.74, 6) is 1.29. The lowest BCUT2D eigenvalue weighted by atomic mass is 10.3. The number of hydrogen-bond donors (Lipinski definition) is 1. The predicted octanol–water partition coefficient (Wildman–Crippen LogP) is 1.24. The minimum absolute atomic E-state index is 0. The summed E-state index contributed by atoms with van der Waals surface area (Å²) in [4.78, 5) is 10.7. The fraction of sp³-hybridized carbons (Fsp3) is 0.538. The fourth-order valence-corrected chi connectivity index (χ4v) is 1.91. The predicted molar refractivity (Wildman–Crippen MR) is 88.5 cm³/mol. The molecule has 112 valence electrons. The second-order valence-corrected chi connectivity index (χ2v) is 4.49. The summed E-state index contributed by atoms with van der Waals surface area (Å²) in [6.45, 7) is 4.77. The van der Waals surface area contributed by atoms with Gasteiger partial charge in [-0.25, -0.2) is 4.99 Å². The van der Waals surface area contributed by atoms with Gasteiger partial charge in [0, 0.05) is 13.1 Å². The summed E-state index contributed by atoms with van der Waals surface area (Å²) >= 11 is 0. The number of methoxy groups -OCH3 is 1. The molecule has 2 N–H and O–H groups in total. The van der Waals surface area contributed by atoms with Crippen molar-refractivity contribution in [2.45, 2.75) is 19.6 Å². The van der Waals surface area contributed by atoms with Crippen LogP contribution < -0.4 is 10.5 Å². The first kappa shape index (κ1) is 17.0.